The van der Waals surface area contributed by atoms with Crippen molar-refractivity contribution in [3.05, 3.63) is 24.3 Å². The standard InChI is InChI=1S/C15H24O4/c1-4-6-8-10-14(16)18-12-13(3)19-15(17)11-9-7-5-2/h6-9,13H,4-5,10-12H2,1-3H3/b8-6-,9-7-. The molecule has 0 rings (SSSR count). The molecular formula is C15H24O4. The second-order valence-electron chi connectivity index (χ2n) is 4.15. The van der Waals surface area contributed by atoms with Crippen LogP contribution < -0.4 is 0 Å². The molecule has 0 saturated carbocycles. The first kappa shape index (κ1) is 17.4. The van der Waals surface area contributed by atoms with E-state index in [0.29, 0.717) is 0 Å². The molecule has 0 fully saturated rings. The van der Waals surface area contributed by atoms with Crippen molar-refractivity contribution < 1.29 is 19.1 Å². The summed E-state index contributed by atoms with van der Waals surface area (Å²) in [5.74, 6) is -0.613. The molecular weight excluding hydrogens is 244 g/mol. The van der Waals surface area contributed by atoms with Crippen molar-refractivity contribution in [1.29, 1.82) is 0 Å². The summed E-state index contributed by atoms with van der Waals surface area (Å²) in [6.45, 7) is 5.80. The molecule has 0 aromatic carbocycles. The lowest BCUT2D eigenvalue weighted by molar-refractivity contribution is -0.156. The van der Waals surface area contributed by atoms with Gasteiger partial charge in [0.1, 0.15) is 12.7 Å². The summed E-state index contributed by atoms with van der Waals surface area (Å²) in [7, 11) is 0. The van der Waals surface area contributed by atoms with Crippen LogP contribution in [0.3, 0.4) is 0 Å². The number of rotatable bonds is 9. The molecule has 0 bridgehead atoms. The molecule has 1 unspecified atom stereocenters. The average molecular weight is 268 g/mol. The number of ether oxygens (including phenoxy) is 2. The largest absolute Gasteiger partial charge is 0.462 e. The van der Waals surface area contributed by atoms with Crippen LogP contribution in [0.15, 0.2) is 24.3 Å². The number of allylic oxidation sites excluding steroid dienone is 2. The molecule has 1 atom stereocenters. The van der Waals surface area contributed by atoms with Gasteiger partial charge in [0.15, 0.2) is 0 Å². The SMILES string of the molecule is CC/C=C\CC(=O)OCC(C)OC(=O)C/C=C\CC. The molecule has 0 heterocycles. The van der Waals surface area contributed by atoms with Gasteiger partial charge in [-0.15, -0.1) is 0 Å². The molecule has 0 amide bonds. The zero-order chi connectivity index (χ0) is 14.5. The summed E-state index contributed by atoms with van der Waals surface area (Å²) in [5.41, 5.74) is 0. The second kappa shape index (κ2) is 11.5. The summed E-state index contributed by atoms with van der Waals surface area (Å²) < 4.78 is 10.1. The van der Waals surface area contributed by atoms with Crippen molar-refractivity contribution in [3.63, 3.8) is 0 Å². The van der Waals surface area contributed by atoms with E-state index in [4.69, 9.17) is 9.47 Å². The van der Waals surface area contributed by atoms with Crippen LogP contribution in [0.4, 0.5) is 0 Å². The second-order valence-corrected chi connectivity index (χ2v) is 4.15. The van der Waals surface area contributed by atoms with E-state index in [-0.39, 0.29) is 31.4 Å². The zero-order valence-electron chi connectivity index (χ0n) is 12.1. The van der Waals surface area contributed by atoms with Crippen LogP contribution in [0.2, 0.25) is 0 Å². The van der Waals surface area contributed by atoms with Gasteiger partial charge in [-0.2, -0.15) is 0 Å². The van der Waals surface area contributed by atoms with E-state index in [1.807, 2.05) is 26.0 Å². The lowest BCUT2D eigenvalue weighted by Gasteiger charge is -2.12. The molecule has 19 heavy (non-hydrogen) atoms. The molecule has 108 valence electrons. The van der Waals surface area contributed by atoms with Crippen LogP contribution in [-0.4, -0.2) is 24.6 Å². The number of carbonyl (C=O) groups is 2. The first-order chi connectivity index (χ1) is 9.10. The first-order valence-corrected chi connectivity index (χ1v) is 6.75. The molecule has 0 aliphatic heterocycles. The zero-order valence-corrected chi connectivity index (χ0v) is 12.1. The van der Waals surface area contributed by atoms with Gasteiger partial charge in [0.2, 0.25) is 0 Å². The molecule has 4 nitrogen and oxygen atoms in total. The van der Waals surface area contributed by atoms with Crippen LogP contribution in [0.5, 0.6) is 0 Å². The third-order valence-corrected chi connectivity index (χ3v) is 2.19. The summed E-state index contributed by atoms with van der Waals surface area (Å²) in [6.07, 6.45) is 9.25. The maximum atomic E-state index is 11.4. The molecule has 0 N–H and O–H groups in total. The Morgan fingerprint density at radius 2 is 1.47 bits per heavy atom. The Bertz CT molecular complexity index is 318. The molecule has 0 spiro atoms. The van der Waals surface area contributed by atoms with Gasteiger partial charge < -0.3 is 9.47 Å². The Balaban J connectivity index is 3.76. The van der Waals surface area contributed by atoms with Gasteiger partial charge in [0.05, 0.1) is 12.8 Å². The predicted molar refractivity (Wildman–Crippen MR) is 74.6 cm³/mol. The molecule has 0 radical (unpaired) electrons. The third kappa shape index (κ3) is 11.3. The Labute approximate surface area is 115 Å². The van der Waals surface area contributed by atoms with E-state index in [2.05, 4.69) is 0 Å². The van der Waals surface area contributed by atoms with Crippen LogP contribution >= 0.6 is 0 Å². The fourth-order valence-electron chi connectivity index (χ4n) is 1.27. The van der Waals surface area contributed by atoms with Gasteiger partial charge in [-0.1, -0.05) is 38.2 Å². The Morgan fingerprint density at radius 3 is 2.00 bits per heavy atom. The van der Waals surface area contributed by atoms with Crippen molar-refractivity contribution in [2.75, 3.05) is 6.61 Å². The van der Waals surface area contributed by atoms with Gasteiger partial charge in [-0.25, -0.2) is 0 Å². The minimum absolute atomic E-state index is 0.0992. The van der Waals surface area contributed by atoms with Crippen molar-refractivity contribution in [2.45, 2.75) is 52.6 Å². The van der Waals surface area contributed by atoms with E-state index in [1.165, 1.54) is 0 Å². The lowest BCUT2D eigenvalue weighted by atomic mass is 10.3. The highest BCUT2D eigenvalue weighted by Crippen LogP contribution is 1.99. The molecule has 0 aliphatic carbocycles. The molecule has 0 aliphatic rings. The average Bonchev–Trinajstić information content (AvgIpc) is 2.37. The Morgan fingerprint density at radius 1 is 0.947 bits per heavy atom. The van der Waals surface area contributed by atoms with Crippen LogP contribution in [0.25, 0.3) is 0 Å². The van der Waals surface area contributed by atoms with Crippen molar-refractivity contribution in [3.8, 4) is 0 Å². The van der Waals surface area contributed by atoms with Gasteiger partial charge >= 0.3 is 11.9 Å². The van der Waals surface area contributed by atoms with Gasteiger partial charge in [0.25, 0.3) is 0 Å². The smallest absolute Gasteiger partial charge is 0.310 e. The molecule has 0 saturated heterocycles. The van der Waals surface area contributed by atoms with Crippen molar-refractivity contribution >= 4 is 11.9 Å². The number of carbonyl (C=O) groups excluding carboxylic acids is 2. The number of hydrogen-bond acceptors (Lipinski definition) is 4. The third-order valence-electron chi connectivity index (χ3n) is 2.19. The summed E-state index contributed by atoms with van der Waals surface area (Å²) in [6, 6.07) is 0. The monoisotopic (exact) mass is 268 g/mol. The van der Waals surface area contributed by atoms with E-state index >= 15 is 0 Å². The van der Waals surface area contributed by atoms with E-state index < -0.39 is 6.10 Å². The summed E-state index contributed by atoms with van der Waals surface area (Å²) in [4.78, 5) is 22.7. The quantitative estimate of drug-likeness (QED) is 0.476. The van der Waals surface area contributed by atoms with Crippen LogP contribution in [-0.2, 0) is 19.1 Å². The van der Waals surface area contributed by atoms with Gasteiger partial charge in [-0.3, -0.25) is 9.59 Å². The number of esters is 2. The highest BCUT2D eigenvalue weighted by molar-refractivity contribution is 5.72. The van der Waals surface area contributed by atoms with Gasteiger partial charge in [0, 0.05) is 0 Å². The maximum absolute atomic E-state index is 11.4. The maximum Gasteiger partial charge on any atom is 0.310 e. The normalized spacial score (nSPS) is 12.8. The molecule has 0 aromatic rings. The fourth-order valence-corrected chi connectivity index (χ4v) is 1.27. The fraction of sp³-hybridized carbons (Fsp3) is 0.600. The first-order valence-electron chi connectivity index (χ1n) is 6.75. The van der Waals surface area contributed by atoms with Crippen molar-refractivity contribution in [2.24, 2.45) is 0 Å². The van der Waals surface area contributed by atoms with Gasteiger partial charge in [-0.05, 0) is 19.8 Å². The van der Waals surface area contributed by atoms with Crippen LogP contribution in [0.1, 0.15) is 46.5 Å². The highest BCUT2D eigenvalue weighted by atomic mass is 16.6. The highest BCUT2D eigenvalue weighted by Gasteiger charge is 2.10. The number of hydrogen-bond donors (Lipinski definition) is 0. The predicted octanol–water partition coefficient (Wildman–Crippen LogP) is 3.17. The van der Waals surface area contributed by atoms with E-state index in [1.54, 1.807) is 19.1 Å². The minimum atomic E-state index is -0.415. The van der Waals surface area contributed by atoms with E-state index in [0.717, 1.165) is 12.8 Å². The summed E-state index contributed by atoms with van der Waals surface area (Å²) >= 11 is 0. The van der Waals surface area contributed by atoms with Crippen molar-refractivity contribution in [1.82, 2.24) is 0 Å². The van der Waals surface area contributed by atoms with Crippen LogP contribution in [0, 0.1) is 0 Å². The topological polar surface area (TPSA) is 52.6 Å². The Kier molecular flexibility index (Phi) is 10.6. The minimum Gasteiger partial charge on any atom is -0.462 e. The Hall–Kier alpha value is -1.58. The molecule has 0 aromatic heterocycles. The van der Waals surface area contributed by atoms with E-state index in [9.17, 15) is 9.59 Å². The molecule has 4 heteroatoms. The summed E-state index contributed by atoms with van der Waals surface area (Å²) in [5, 5.41) is 0. The lowest BCUT2D eigenvalue weighted by Crippen LogP contribution is -2.21.